The van der Waals surface area contributed by atoms with E-state index < -0.39 is 35.0 Å². The summed E-state index contributed by atoms with van der Waals surface area (Å²) in [6.07, 6.45) is 4.18. The van der Waals surface area contributed by atoms with Crippen molar-refractivity contribution in [3.8, 4) is 0 Å². The molecule has 0 saturated heterocycles. The SMILES string of the molecule is C[C@@H]1C[C@H]2[C@@H]3C[C@H](F)C4=CC(=O)C=C[C@]4(C)[C@H]3[C@@H](O)C[C@]2(C)[C@H]1C(=O)O. The molecule has 0 aromatic carbocycles. The van der Waals surface area contributed by atoms with Gasteiger partial charge in [-0.1, -0.05) is 26.8 Å². The number of carboxylic acid groups (broad SMARTS) is 1. The van der Waals surface area contributed by atoms with Crippen molar-refractivity contribution in [2.45, 2.75) is 52.3 Å². The fourth-order valence-corrected chi connectivity index (χ4v) is 7.23. The van der Waals surface area contributed by atoms with E-state index >= 15 is 4.39 Å². The molecule has 0 unspecified atom stereocenters. The quantitative estimate of drug-likeness (QED) is 0.751. The maximum Gasteiger partial charge on any atom is 0.307 e. The van der Waals surface area contributed by atoms with Crippen molar-refractivity contribution in [2.24, 2.45) is 40.4 Å². The Balaban J connectivity index is 1.79. The Labute approximate surface area is 153 Å². The fraction of sp³-hybridized carbons (Fsp3) is 0.714. The molecule has 0 heterocycles. The molecule has 4 aliphatic rings. The van der Waals surface area contributed by atoms with Crippen molar-refractivity contribution in [3.05, 3.63) is 23.8 Å². The van der Waals surface area contributed by atoms with Crippen LogP contribution in [0.2, 0.25) is 0 Å². The van der Waals surface area contributed by atoms with E-state index in [1.807, 2.05) is 20.8 Å². The zero-order chi connectivity index (χ0) is 19.0. The Hall–Kier alpha value is -1.49. The molecular formula is C21H27FO4. The number of fused-ring (bicyclic) bond motifs is 5. The van der Waals surface area contributed by atoms with Crippen LogP contribution in [0.5, 0.6) is 0 Å². The molecular weight excluding hydrogens is 335 g/mol. The van der Waals surface area contributed by atoms with Gasteiger partial charge in [0.2, 0.25) is 0 Å². The van der Waals surface area contributed by atoms with Crippen LogP contribution in [0.4, 0.5) is 4.39 Å². The lowest BCUT2D eigenvalue weighted by molar-refractivity contribution is -0.158. The molecule has 0 bridgehead atoms. The van der Waals surface area contributed by atoms with Gasteiger partial charge in [-0.05, 0) is 60.2 Å². The minimum absolute atomic E-state index is 0.0136. The number of carbonyl (C=O) groups excluding carboxylic acids is 1. The molecule has 5 heteroatoms. The molecule has 3 fully saturated rings. The average molecular weight is 362 g/mol. The van der Waals surface area contributed by atoms with Crippen LogP contribution in [0, 0.1) is 40.4 Å². The van der Waals surface area contributed by atoms with Crippen molar-refractivity contribution in [3.63, 3.8) is 0 Å². The van der Waals surface area contributed by atoms with Gasteiger partial charge in [-0.2, -0.15) is 0 Å². The van der Waals surface area contributed by atoms with Crippen LogP contribution in [-0.4, -0.2) is 34.2 Å². The highest BCUT2D eigenvalue weighted by Gasteiger charge is 2.65. The second kappa shape index (κ2) is 5.51. The minimum Gasteiger partial charge on any atom is -0.481 e. The average Bonchev–Trinajstić information content (AvgIpc) is 2.79. The summed E-state index contributed by atoms with van der Waals surface area (Å²) < 4.78 is 15.1. The van der Waals surface area contributed by atoms with Gasteiger partial charge in [-0.15, -0.1) is 0 Å². The molecule has 0 aromatic rings. The number of carbonyl (C=O) groups is 2. The zero-order valence-corrected chi connectivity index (χ0v) is 15.5. The maximum atomic E-state index is 15.1. The number of allylic oxidation sites excluding steroid dienone is 4. The third-order valence-corrected chi connectivity index (χ3v) is 8.08. The van der Waals surface area contributed by atoms with Crippen LogP contribution in [0.15, 0.2) is 23.8 Å². The number of rotatable bonds is 1. The standard InChI is InChI=1S/C21H27FO4/c1-10-6-13-12-8-15(22)14-7-11(23)4-5-20(14,2)18(12)16(24)9-21(13,3)17(10)19(25)26/h4-5,7,10,12-13,15-18,24H,6,8-9H2,1-3H3,(H,25,26)/t10-,12+,13+,15+,16+,17-,18-,20+,21+/m1/s1. The molecule has 9 atom stereocenters. The van der Waals surface area contributed by atoms with E-state index in [1.165, 1.54) is 12.2 Å². The number of ketones is 1. The normalized spacial score (nSPS) is 52.7. The van der Waals surface area contributed by atoms with Crippen LogP contribution in [0.1, 0.15) is 40.0 Å². The molecule has 0 spiro atoms. The molecule has 0 radical (unpaired) electrons. The first-order valence-corrected chi connectivity index (χ1v) is 9.60. The lowest BCUT2D eigenvalue weighted by Gasteiger charge is -2.59. The smallest absolute Gasteiger partial charge is 0.307 e. The van der Waals surface area contributed by atoms with Crippen LogP contribution in [0.25, 0.3) is 0 Å². The van der Waals surface area contributed by atoms with Crippen molar-refractivity contribution in [2.75, 3.05) is 0 Å². The number of hydrogen-bond donors (Lipinski definition) is 2. The summed E-state index contributed by atoms with van der Waals surface area (Å²) in [7, 11) is 0. The topological polar surface area (TPSA) is 74.6 Å². The molecule has 0 aliphatic heterocycles. The molecule has 4 aliphatic carbocycles. The third kappa shape index (κ3) is 2.16. The monoisotopic (exact) mass is 362 g/mol. The Bertz CT molecular complexity index is 728. The summed E-state index contributed by atoms with van der Waals surface area (Å²) in [5.74, 6) is -1.68. The van der Waals surface area contributed by atoms with Gasteiger partial charge in [0.25, 0.3) is 0 Å². The highest BCUT2D eigenvalue weighted by Crippen LogP contribution is 2.67. The van der Waals surface area contributed by atoms with Gasteiger partial charge in [0.15, 0.2) is 5.78 Å². The number of hydrogen-bond acceptors (Lipinski definition) is 3. The van der Waals surface area contributed by atoms with Gasteiger partial charge in [-0.25, -0.2) is 4.39 Å². The predicted octanol–water partition coefficient (Wildman–Crippen LogP) is 3.16. The largest absolute Gasteiger partial charge is 0.481 e. The zero-order valence-electron chi connectivity index (χ0n) is 15.5. The van der Waals surface area contributed by atoms with Crippen molar-refractivity contribution in [1.29, 1.82) is 0 Å². The van der Waals surface area contributed by atoms with Crippen LogP contribution >= 0.6 is 0 Å². The molecule has 2 N–H and O–H groups in total. The number of alkyl halides is 1. The number of halogens is 1. The maximum absolute atomic E-state index is 15.1. The van der Waals surface area contributed by atoms with Gasteiger partial charge in [-0.3, -0.25) is 9.59 Å². The van der Waals surface area contributed by atoms with E-state index in [9.17, 15) is 19.8 Å². The van der Waals surface area contributed by atoms with Crippen molar-refractivity contribution < 1.29 is 24.2 Å². The van der Waals surface area contributed by atoms with E-state index in [4.69, 9.17) is 0 Å². The molecule has 0 aromatic heterocycles. The fourth-order valence-electron chi connectivity index (χ4n) is 7.23. The van der Waals surface area contributed by atoms with Gasteiger partial charge >= 0.3 is 5.97 Å². The van der Waals surface area contributed by atoms with E-state index in [0.29, 0.717) is 12.0 Å². The second-order valence-corrected chi connectivity index (χ2v) is 9.42. The van der Waals surface area contributed by atoms with Gasteiger partial charge < -0.3 is 10.2 Å². The number of aliphatic carboxylic acids is 1. The molecule has 26 heavy (non-hydrogen) atoms. The van der Waals surface area contributed by atoms with E-state index in [2.05, 4.69) is 0 Å². The Morgan fingerprint density at radius 3 is 2.65 bits per heavy atom. The molecule has 4 rings (SSSR count). The molecule has 3 saturated carbocycles. The first-order valence-electron chi connectivity index (χ1n) is 9.60. The lowest BCUT2D eigenvalue weighted by Crippen LogP contribution is -2.58. The summed E-state index contributed by atoms with van der Waals surface area (Å²) in [6.45, 7) is 5.86. The molecule has 4 nitrogen and oxygen atoms in total. The van der Waals surface area contributed by atoms with Gasteiger partial charge in [0.05, 0.1) is 12.0 Å². The van der Waals surface area contributed by atoms with Gasteiger partial charge in [0, 0.05) is 11.3 Å². The molecule has 0 amide bonds. The Morgan fingerprint density at radius 1 is 1.31 bits per heavy atom. The van der Waals surface area contributed by atoms with E-state index in [1.54, 1.807) is 6.08 Å². The van der Waals surface area contributed by atoms with Crippen molar-refractivity contribution >= 4 is 11.8 Å². The van der Waals surface area contributed by atoms with Crippen LogP contribution in [0.3, 0.4) is 0 Å². The summed E-state index contributed by atoms with van der Waals surface area (Å²) in [6, 6.07) is 0. The molecule has 142 valence electrons. The second-order valence-electron chi connectivity index (χ2n) is 9.42. The highest BCUT2D eigenvalue weighted by molar-refractivity contribution is 6.01. The van der Waals surface area contributed by atoms with E-state index in [0.717, 1.165) is 6.42 Å². The Morgan fingerprint density at radius 2 is 2.00 bits per heavy atom. The van der Waals surface area contributed by atoms with E-state index in [-0.39, 0.29) is 35.9 Å². The van der Waals surface area contributed by atoms with Gasteiger partial charge in [0.1, 0.15) is 6.17 Å². The minimum atomic E-state index is -1.22. The number of carboxylic acids is 1. The summed E-state index contributed by atoms with van der Waals surface area (Å²) >= 11 is 0. The van der Waals surface area contributed by atoms with Crippen LogP contribution in [-0.2, 0) is 9.59 Å². The summed E-state index contributed by atoms with van der Waals surface area (Å²) in [5.41, 5.74) is -0.714. The highest BCUT2D eigenvalue weighted by atomic mass is 19.1. The van der Waals surface area contributed by atoms with Crippen molar-refractivity contribution in [1.82, 2.24) is 0 Å². The first-order chi connectivity index (χ1) is 12.1. The predicted molar refractivity (Wildman–Crippen MR) is 94.0 cm³/mol. The summed E-state index contributed by atoms with van der Waals surface area (Å²) in [4.78, 5) is 23.7. The Kier molecular flexibility index (Phi) is 3.79. The third-order valence-electron chi connectivity index (χ3n) is 8.08. The number of aliphatic hydroxyl groups is 1. The van der Waals surface area contributed by atoms with Crippen LogP contribution < -0.4 is 0 Å². The first kappa shape index (κ1) is 17.9. The lowest BCUT2D eigenvalue weighted by atomic mass is 9.46. The number of aliphatic hydroxyl groups excluding tert-OH is 1. The summed E-state index contributed by atoms with van der Waals surface area (Å²) in [5, 5.41) is 20.9.